The minimum Gasteiger partial charge on any atom is -0.322 e. The lowest BCUT2D eigenvalue weighted by molar-refractivity contribution is 0.817. The molecule has 0 saturated heterocycles. The Morgan fingerprint density at radius 1 is 1.46 bits per heavy atom. The minimum atomic E-state index is 0.753. The number of aromatic nitrogens is 2. The van der Waals surface area contributed by atoms with Gasteiger partial charge in [0.15, 0.2) is 5.16 Å². The molecule has 0 N–H and O–H groups in total. The van der Waals surface area contributed by atoms with Crippen LogP contribution in [-0.2, 0) is 7.05 Å². The molecule has 2 aromatic rings. The average molecular weight is 213 g/mol. The number of imidazole rings is 1. The molecule has 4 heteroatoms. The Hall–Kier alpha value is -0.670. The summed E-state index contributed by atoms with van der Waals surface area (Å²) >= 11 is 7.53. The van der Waals surface area contributed by atoms with Crippen LogP contribution in [0.5, 0.6) is 0 Å². The molecule has 0 radical (unpaired) electrons. The van der Waals surface area contributed by atoms with Gasteiger partial charge in [0.05, 0.1) is 11.0 Å². The largest absolute Gasteiger partial charge is 0.322 e. The quantitative estimate of drug-likeness (QED) is 0.677. The van der Waals surface area contributed by atoms with Gasteiger partial charge in [-0.15, -0.1) is 0 Å². The molecule has 0 aliphatic carbocycles. The maximum atomic E-state index is 5.90. The van der Waals surface area contributed by atoms with Crippen LogP contribution in [-0.4, -0.2) is 15.8 Å². The van der Waals surface area contributed by atoms with E-state index in [0.717, 1.165) is 21.2 Å². The molecule has 0 aliphatic rings. The van der Waals surface area contributed by atoms with E-state index in [0.29, 0.717) is 0 Å². The van der Waals surface area contributed by atoms with Crippen molar-refractivity contribution in [1.29, 1.82) is 0 Å². The third kappa shape index (κ3) is 1.42. The Morgan fingerprint density at radius 2 is 2.23 bits per heavy atom. The van der Waals surface area contributed by atoms with Gasteiger partial charge in [0.1, 0.15) is 0 Å². The smallest absolute Gasteiger partial charge is 0.168 e. The molecular formula is C9H9ClN2S. The number of aryl methyl sites for hydroxylation is 1. The molecule has 2 rings (SSSR count). The summed E-state index contributed by atoms with van der Waals surface area (Å²) in [6.45, 7) is 0. The lowest BCUT2D eigenvalue weighted by atomic mass is 10.3. The van der Waals surface area contributed by atoms with Gasteiger partial charge in [-0.25, -0.2) is 4.98 Å². The summed E-state index contributed by atoms with van der Waals surface area (Å²) in [6, 6.07) is 5.74. The zero-order valence-corrected chi connectivity index (χ0v) is 8.99. The third-order valence-corrected chi connectivity index (χ3v) is 2.95. The summed E-state index contributed by atoms with van der Waals surface area (Å²) in [4.78, 5) is 4.44. The maximum Gasteiger partial charge on any atom is 0.168 e. The van der Waals surface area contributed by atoms with Crippen LogP contribution in [0.3, 0.4) is 0 Å². The molecule has 2 nitrogen and oxygen atoms in total. The Kier molecular flexibility index (Phi) is 2.22. The van der Waals surface area contributed by atoms with Crippen molar-refractivity contribution >= 4 is 34.4 Å². The van der Waals surface area contributed by atoms with Gasteiger partial charge in [0, 0.05) is 12.1 Å². The number of halogens is 1. The summed E-state index contributed by atoms with van der Waals surface area (Å²) in [5, 5.41) is 1.76. The van der Waals surface area contributed by atoms with Gasteiger partial charge in [0.2, 0.25) is 0 Å². The molecule has 0 unspecified atom stereocenters. The predicted molar refractivity (Wildman–Crippen MR) is 57.5 cm³/mol. The predicted octanol–water partition coefficient (Wildman–Crippen LogP) is 2.95. The van der Waals surface area contributed by atoms with Crippen LogP contribution in [0.2, 0.25) is 5.02 Å². The number of thioether (sulfide) groups is 1. The Labute approximate surface area is 85.9 Å². The summed E-state index contributed by atoms with van der Waals surface area (Å²) < 4.78 is 2.05. The monoisotopic (exact) mass is 212 g/mol. The van der Waals surface area contributed by atoms with E-state index in [9.17, 15) is 0 Å². The van der Waals surface area contributed by atoms with Crippen LogP contribution >= 0.6 is 23.4 Å². The van der Waals surface area contributed by atoms with Crippen molar-refractivity contribution in [2.75, 3.05) is 6.26 Å². The fraction of sp³-hybridized carbons (Fsp3) is 0.222. The number of benzene rings is 1. The van der Waals surface area contributed by atoms with Crippen LogP contribution in [0.15, 0.2) is 23.4 Å². The topological polar surface area (TPSA) is 17.8 Å². The van der Waals surface area contributed by atoms with Crippen molar-refractivity contribution in [2.45, 2.75) is 5.16 Å². The highest BCUT2D eigenvalue weighted by Crippen LogP contribution is 2.23. The van der Waals surface area contributed by atoms with Gasteiger partial charge >= 0.3 is 0 Å². The SMILES string of the molecule is CSc1nc2ccc(Cl)cc2n1C. The van der Waals surface area contributed by atoms with Crippen LogP contribution < -0.4 is 0 Å². The first-order chi connectivity index (χ1) is 6.22. The zero-order valence-electron chi connectivity index (χ0n) is 7.41. The summed E-state index contributed by atoms with van der Waals surface area (Å²) in [6.07, 6.45) is 2.02. The Bertz CT molecular complexity index is 450. The van der Waals surface area contributed by atoms with Crippen LogP contribution in [0.25, 0.3) is 11.0 Å². The molecule has 1 heterocycles. The molecule has 1 aromatic carbocycles. The lowest BCUT2D eigenvalue weighted by Crippen LogP contribution is -1.88. The molecule has 0 aliphatic heterocycles. The summed E-state index contributed by atoms with van der Waals surface area (Å²) in [5.41, 5.74) is 2.08. The van der Waals surface area contributed by atoms with Crippen LogP contribution in [0.1, 0.15) is 0 Å². The van der Waals surface area contributed by atoms with Crippen molar-refractivity contribution in [3.63, 3.8) is 0 Å². The van der Waals surface area contributed by atoms with Crippen LogP contribution in [0.4, 0.5) is 0 Å². The van der Waals surface area contributed by atoms with Crippen molar-refractivity contribution in [3.8, 4) is 0 Å². The molecule has 0 saturated carbocycles. The Balaban J connectivity index is 2.77. The van der Waals surface area contributed by atoms with E-state index in [1.807, 2.05) is 36.1 Å². The van der Waals surface area contributed by atoms with E-state index in [-0.39, 0.29) is 0 Å². The van der Waals surface area contributed by atoms with Crippen molar-refractivity contribution in [3.05, 3.63) is 23.2 Å². The molecule has 0 fully saturated rings. The van der Waals surface area contributed by atoms with E-state index in [1.54, 1.807) is 11.8 Å². The average Bonchev–Trinajstić information content (AvgIpc) is 2.44. The van der Waals surface area contributed by atoms with Gasteiger partial charge in [-0.1, -0.05) is 23.4 Å². The zero-order chi connectivity index (χ0) is 9.42. The molecule has 13 heavy (non-hydrogen) atoms. The fourth-order valence-corrected chi connectivity index (χ4v) is 2.05. The summed E-state index contributed by atoms with van der Waals surface area (Å²) in [7, 11) is 2.00. The van der Waals surface area contributed by atoms with Gasteiger partial charge in [-0.3, -0.25) is 0 Å². The van der Waals surface area contributed by atoms with E-state index in [1.165, 1.54) is 0 Å². The molecule has 0 spiro atoms. The van der Waals surface area contributed by atoms with E-state index in [2.05, 4.69) is 4.98 Å². The standard InChI is InChI=1S/C9H9ClN2S/c1-12-8-5-6(10)3-4-7(8)11-9(12)13-2/h3-5H,1-2H3. The molecule has 0 atom stereocenters. The molecule has 68 valence electrons. The van der Waals surface area contributed by atoms with Crippen molar-refractivity contribution in [1.82, 2.24) is 9.55 Å². The number of rotatable bonds is 1. The van der Waals surface area contributed by atoms with E-state index < -0.39 is 0 Å². The second kappa shape index (κ2) is 3.24. The highest BCUT2D eigenvalue weighted by atomic mass is 35.5. The minimum absolute atomic E-state index is 0.753. The third-order valence-electron chi connectivity index (χ3n) is 1.98. The summed E-state index contributed by atoms with van der Waals surface area (Å²) in [5.74, 6) is 0. The first kappa shape index (κ1) is 8.91. The molecule has 1 aromatic heterocycles. The number of hydrogen-bond donors (Lipinski definition) is 0. The van der Waals surface area contributed by atoms with Crippen molar-refractivity contribution < 1.29 is 0 Å². The number of hydrogen-bond acceptors (Lipinski definition) is 2. The second-order valence-corrected chi connectivity index (χ2v) is 4.00. The highest BCUT2D eigenvalue weighted by molar-refractivity contribution is 7.98. The normalized spacial score (nSPS) is 11.0. The highest BCUT2D eigenvalue weighted by Gasteiger charge is 2.05. The first-order valence-electron chi connectivity index (χ1n) is 3.88. The molecular weight excluding hydrogens is 204 g/mol. The lowest BCUT2D eigenvalue weighted by Gasteiger charge is -1.97. The maximum absolute atomic E-state index is 5.90. The molecule has 0 bridgehead atoms. The van der Waals surface area contributed by atoms with Gasteiger partial charge in [0.25, 0.3) is 0 Å². The van der Waals surface area contributed by atoms with E-state index in [4.69, 9.17) is 11.6 Å². The number of fused-ring (bicyclic) bond motifs is 1. The van der Waals surface area contributed by atoms with E-state index >= 15 is 0 Å². The van der Waals surface area contributed by atoms with Crippen LogP contribution in [0, 0.1) is 0 Å². The van der Waals surface area contributed by atoms with Gasteiger partial charge < -0.3 is 4.57 Å². The second-order valence-electron chi connectivity index (χ2n) is 2.79. The fourth-order valence-electron chi connectivity index (χ4n) is 1.32. The molecule has 0 amide bonds. The van der Waals surface area contributed by atoms with Gasteiger partial charge in [-0.2, -0.15) is 0 Å². The Morgan fingerprint density at radius 3 is 2.92 bits per heavy atom. The first-order valence-corrected chi connectivity index (χ1v) is 5.48. The van der Waals surface area contributed by atoms with Crippen molar-refractivity contribution in [2.24, 2.45) is 7.05 Å². The number of nitrogens with zero attached hydrogens (tertiary/aromatic N) is 2. The van der Waals surface area contributed by atoms with Gasteiger partial charge in [-0.05, 0) is 24.5 Å².